The predicted molar refractivity (Wildman–Crippen MR) is 72.3 cm³/mol. The van der Waals surface area contributed by atoms with Gasteiger partial charge in [-0.25, -0.2) is 0 Å². The Morgan fingerprint density at radius 3 is 2.63 bits per heavy atom. The zero-order valence-corrected chi connectivity index (χ0v) is 12.1. The van der Waals surface area contributed by atoms with E-state index < -0.39 is 0 Å². The number of nitrogens with zero attached hydrogens (tertiary/aromatic N) is 2. The Morgan fingerprint density at radius 2 is 2.11 bits per heavy atom. The summed E-state index contributed by atoms with van der Waals surface area (Å²) in [6.45, 7) is 2.25. The Bertz CT molecular complexity index is 435. The number of amides is 1. The lowest BCUT2D eigenvalue weighted by Crippen LogP contribution is -2.41. The summed E-state index contributed by atoms with van der Waals surface area (Å²) in [6, 6.07) is 1.45. The minimum absolute atomic E-state index is 0.0156. The number of methoxy groups -OCH3 is 2. The quantitative estimate of drug-likeness (QED) is 0.820. The molecule has 0 aliphatic rings. The Hall–Kier alpha value is -1.82. The van der Waals surface area contributed by atoms with Crippen LogP contribution in [-0.4, -0.2) is 50.1 Å². The SMILES string of the molecule is COc1ccnc(CNC(C)C(=O)N(C)C)c1OC. The van der Waals surface area contributed by atoms with Crippen LogP contribution in [0, 0.1) is 0 Å². The van der Waals surface area contributed by atoms with Crippen molar-refractivity contribution >= 4 is 5.91 Å². The lowest BCUT2D eigenvalue weighted by atomic mass is 10.2. The number of hydrogen-bond donors (Lipinski definition) is 1. The van der Waals surface area contributed by atoms with Crippen LogP contribution >= 0.6 is 0 Å². The van der Waals surface area contributed by atoms with E-state index in [0.29, 0.717) is 23.7 Å². The predicted octanol–water partition coefficient (Wildman–Crippen LogP) is 0.665. The number of aromatic nitrogens is 1. The van der Waals surface area contributed by atoms with Crippen molar-refractivity contribution in [1.29, 1.82) is 0 Å². The van der Waals surface area contributed by atoms with Crippen molar-refractivity contribution in [2.24, 2.45) is 0 Å². The Balaban J connectivity index is 2.75. The van der Waals surface area contributed by atoms with Gasteiger partial charge in [0.15, 0.2) is 11.5 Å². The van der Waals surface area contributed by atoms with Gasteiger partial charge in [0.25, 0.3) is 0 Å². The summed E-state index contributed by atoms with van der Waals surface area (Å²) in [6.07, 6.45) is 1.65. The molecule has 106 valence electrons. The van der Waals surface area contributed by atoms with E-state index in [9.17, 15) is 4.79 Å². The van der Waals surface area contributed by atoms with Gasteiger partial charge in [-0.3, -0.25) is 9.78 Å². The maximum absolute atomic E-state index is 11.7. The molecule has 1 aromatic rings. The topological polar surface area (TPSA) is 63.7 Å². The highest BCUT2D eigenvalue weighted by molar-refractivity contribution is 5.80. The number of carbonyl (C=O) groups is 1. The first-order valence-corrected chi connectivity index (χ1v) is 6.01. The number of rotatable bonds is 6. The molecule has 19 heavy (non-hydrogen) atoms. The van der Waals surface area contributed by atoms with Crippen LogP contribution in [0.2, 0.25) is 0 Å². The van der Waals surface area contributed by atoms with Crippen LogP contribution in [0.3, 0.4) is 0 Å². The van der Waals surface area contributed by atoms with Gasteiger partial charge < -0.3 is 19.7 Å². The van der Waals surface area contributed by atoms with Gasteiger partial charge in [0.1, 0.15) is 0 Å². The van der Waals surface area contributed by atoms with E-state index in [1.165, 1.54) is 0 Å². The van der Waals surface area contributed by atoms with Crippen molar-refractivity contribution in [3.05, 3.63) is 18.0 Å². The van der Waals surface area contributed by atoms with Gasteiger partial charge in [0.2, 0.25) is 5.91 Å². The van der Waals surface area contributed by atoms with Crippen LogP contribution in [0.4, 0.5) is 0 Å². The minimum Gasteiger partial charge on any atom is -0.493 e. The van der Waals surface area contributed by atoms with E-state index in [4.69, 9.17) is 9.47 Å². The van der Waals surface area contributed by atoms with Crippen LogP contribution < -0.4 is 14.8 Å². The monoisotopic (exact) mass is 267 g/mol. The van der Waals surface area contributed by atoms with Crippen LogP contribution in [0.1, 0.15) is 12.6 Å². The number of pyridine rings is 1. The summed E-state index contributed by atoms with van der Waals surface area (Å²) >= 11 is 0. The van der Waals surface area contributed by atoms with Gasteiger partial charge in [-0.05, 0) is 6.92 Å². The van der Waals surface area contributed by atoms with Crippen molar-refractivity contribution in [3.8, 4) is 11.5 Å². The van der Waals surface area contributed by atoms with Crippen LogP contribution in [-0.2, 0) is 11.3 Å². The Morgan fingerprint density at radius 1 is 1.42 bits per heavy atom. The molecule has 6 nitrogen and oxygen atoms in total. The summed E-state index contributed by atoms with van der Waals surface area (Å²) in [7, 11) is 6.60. The van der Waals surface area contributed by atoms with Gasteiger partial charge in [0.05, 0.1) is 26.0 Å². The molecule has 1 unspecified atom stereocenters. The number of nitrogens with one attached hydrogen (secondary N) is 1. The molecule has 6 heteroatoms. The third-order valence-electron chi connectivity index (χ3n) is 2.75. The first kappa shape index (κ1) is 15.2. The molecule has 1 rings (SSSR count). The summed E-state index contributed by atoms with van der Waals surface area (Å²) in [5.41, 5.74) is 0.709. The Labute approximate surface area is 113 Å². The Kier molecular flexibility index (Phi) is 5.57. The molecular formula is C13H21N3O3. The first-order valence-electron chi connectivity index (χ1n) is 6.01. The average molecular weight is 267 g/mol. The van der Waals surface area contributed by atoms with E-state index >= 15 is 0 Å². The maximum atomic E-state index is 11.7. The number of likely N-dealkylation sites (N-methyl/N-ethyl adjacent to an activating group) is 1. The van der Waals surface area contributed by atoms with Crippen LogP contribution in [0.15, 0.2) is 12.3 Å². The lowest BCUT2D eigenvalue weighted by Gasteiger charge is -2.18. The summed E-state index contributed by atoms with van der Waals surface area (Å²) in [5, 5.41) is 3.12. The zero-order chi connectivity index (χ0) is 14.4. The molecule has 0 radical (unpaired) electrons. The second-order valence-corrected chi connectivity index (χ2v) is 4.33. The van der Waals surface area contributed by atoms with Crippen molar-refractivity contribution in [1.82, 2.24) is 15.2 Å². The molecule has 0 saturated heterocycles. The fourth-order valence-corrected chi connectivity index (χ4v) is 1.70. The van der Waals surface area contributed by atoms with Crippen LogP contribution in [0.25, 0.3) is 0 Å². The van der Waals surface area contributed by atoms with Crippen molar-refractivity contribution < 1.29 is 14.3 Å². The second kappa shape index (κ2) is 6.94. The maximum Gasteiger partial charge on any atom is 0.238 e. The number of ether oxygens (including phenoxy) is 2. The van der Waals surface area contributed by atoms with Crippen molar-refractivity contribution in [2.45, 2.75) is 19.5 Å². The summed E-state index contributed by atoms with van der Waals surface area (Å²) in [5.74, 6) is 1.23. The molecule has 0 bridgehead atoms. The van der Waals surface area contributed by atoms with Crippen LogP contribution in [0.5, 0.6) is 11.5 Å². The molecular weight excluding hydrogens is 246 g/mol. The van der Waals surface area contributed by atoms with Gasteiger partial charge in [-0.2, -0.15) is 0 Å². The first-order chi connectivity index (χ1) is 9.01. The molecule has 1 aromatic heterocycles. The van der Waals surface area contributed by atoms with E-state index in [-0.39, 0.29) is 11.9 Å². The zero-order valence-electron chi connectivity index (χ0n) is 12.1. The fourth-order valence-electron chi connectivity index (χ4n) is 1.70. The highest BCUT2D eigenvalue weighted by atomic mass is 16.5. The van der Waals surface area contributed by atoms with Gasteiger partial charge in [0, 0.05) is 32.9 Å². The second-order valence-electron chi connectivity index (χ2n) is 4.33. The van der Waals surface area contributed by atoms with Crippen molar-refractivity contribution in [3.63, 3.8) is 0 Å². The molecule has 0 spiro atoms. The van der Waals surface area contributed by atoms with E-state index in [1.807, 2.05) is 6.92 Å². The molecule has 0 aromatic carbocycles. The molecule has 0 aliphatic heterocycles. The summed E-state index contributed by atoms with van der Waals surface area (Å²) < 4.78 is 10.5. The van der Waals surface area contributed by atoms with Crippen molar-refractivity contribution in [2.75, 3.05) is 28.3 Å². The van der Waals surface area contributed by atoms with Gasteiger partial charge in [-0.1, -0.05) is 0 Å². The molecule has 0 fully saturated rings. The smallest absolute Gasteiger partial charge is 0.238 e. The standard InChI is InChI=1S/C13H21N3O3/c1-9(13(17)16(2)3)15-8-10-12(19-5)11(18-4)6-7-14-10/h6-7,9,15H,8H2,1-5H3. The molecule has 1 atom stereocenters. The molecule has 0 saturated carbocycles. The summed E-state index contributed by atoms with van der Waals surface area (Å²) in [4.78, 5) is 17.5. The van der Waals surface area contributed by atoms with E-state index in [0.717, 1.165) is 0 Å². The number of carbonyl (C=O) groups excluding carboxylic acids is 1. The number of hydrogen-bond acceptors (Lipinski definition) is 5. The highest BCUT2D eigenvalue weighted by Gasteiger charge is 2.16. The normalized spacial score (nSPS) is 11.8. The van der Waals surface area contributed by atoms with Gasteiger partial charge in [-0.15, -0.1) is 0 Å². The molecule has 1 heterocycles. The lowest BCUT2D eigenvalue weighted by molar-refractivity contribution is -0.130. The van der Waals surface area contributed by atoms with Gasteiger partial charge >= 0.3 is 0 Å². The third kappa shape index (κ3) is 3.82. The average Bonchev–Trinajstić information content (AvgIpc) is 2.42. The fraction of sp³-hybridized carbons (Fsp3) is 0.538. The minimum atomic E-state index is -0.285. The van der Waals surface area contributed by atoms with E-state index in [1.54, 1.807) is 45.5 Å². The van der Waals surface area contributed by atoms with E-state index in [2.05, 4.69) is 10.3 Å². The highest BCUT2D eigenvalue weighted by Crippen LogP contribution is 2.28. The molecule has 1 N–H and O–H groups in total. The molecule has 1 amide bonds. The third-order valence-corrected chi connectivity index (χ3v) is 2.75. The molecule has 0 aliphatic carbocycles. The largest absolute Gasteiger partial charge is 0.493 e.